The zero-order valence-electron chi connectivity index (χ0n) is 10.9. The van der Waals surface area contributed by atoms with Crippen LogP contribution in [0.5, 0.6) is 5.75 Å². The van der Waals surface area contributed by atoms with Gasteiger partial charge >= 0.3 is 6.18 Å². The number of hydrogen-bond acceptors (Lipinski definition) is 3. The first kappa shape index (κ1) is 13.4. The summed E-state index contributed by atoms with van der Waals surface area (Å²) in [4.78, 5) is 8.31. The normalized spacial score (nSPS) is 12.0. The molecule has 0 fully saturated rings. The van der Waals surface area contributed by atoms with E-state index in [2.05, 4.69) is 9.97 Å². The predicted molar refractivity (Wildman–Crippen MR) is 69.8 cm³/mol. The second kappa shape index (κ2) is 4.47. The van der Waals surface area contributed by atoms with Crippen molar-refractivity contribution in [3.05, 3.63) is 47.9 Å². The van der Waals surface area contributed by atoms with Gasteiger partial charge in [0.15, 0.2) is 0 Å². The number of pyridine rings is 2. The molecule has 0 spiro atoms. The van der Waals surface area contributed by atoms with Gasteiger partial charge in [-0.3, -0.25) is 4.98 Å². The molecule has 21 heavy (non-hydrogen) atoms. The zero-order chi connectivity index (χ0) is 15.2. The number of alkyl halides is 3. The summed E-state index contributed by atoms with van der Waals surface area (Å²) < 4.78 is 39.6. The average Bonchev–Trinajstić information content (AvgIpc) is 2.76. The van der Waals surface area contributed by atoms with Gasteiger partial charge in [0.1, 0.15) is 17.1 Å². The number of hydrogen-bond donors (Lipinski definition) is 1. The van der Waals surface area contributed by atoms with Crippen LogP contribution in [0.1, 0.15) is 11.3 Å². The standard InChI is InChI=1S/C14H10F3N3O/c1-8-13(11-4-3-10(21)6-18-11)19-12-5-2-9(7-20(8)12)14(15,16)17/h2-7,21H,1H3. The maximum atomic E-state index is 12.7. The molecule has 0 unspecified atom stereocenters. The lowest BCUT2D eigenvalue weighted by Crippen LogP contribution is -2.06. The van der Waals surface area contributed by atoms with Crippen molar-refractivity contribution in [2.24, 2.45) is 0 Å². The quantitative estimate of drug-likeness (QED) is 0.748. The van der Waals surface area contributed by atoms with E-state index < -0.39 is 11.7 Å². The molecule has 0 aliphatic heterocycles. The highest BCUT2D eigenvalue weighted by atomic mass is 19.4. The maximum absolute atomic E-state index is 12.7. The van der Waals surface area contributed by atoms with Crippen LogP contribution in [0.4, 0.5) is 13.2 Å². The Balaban J connectivity index is 2.18. The largest absolute Gasteiger partial charge is 0.506 e. The van der Waals surface area contributed by atoms with Crippen molar-refractivity contribution < 1.29 is 18.3 Å². The lowest BCUT2D eigenvalue weighted by molar-refractivity contribution is -0.137. The van der Waals surface area contributed by atoms with E-state index in [9.17, 15) is 18.3 Å². The first-order valence-electron chi connectivity index (χ1n) is 6.07. The van der Waals surface area contributed by atoms with Gasteiger partial charge in [0, 0.05) is 11.9 Å². The van der Waals surface area contributed by atoms with E-state index in [1.807, 2.05) is 0 Å². The minimum absolute atomic E-state index is 0.0134. The van der Waals surface area contributed by atoms with Crippen molar-refractivity contribution in [3.63, 3.8) is 0 Å². The molecule has 0 amide bonds. The number of halogens is 3. The number of aromatic nitrogens is 3. The molecule has 0 saturated heterocycles. The number of aryl methyl sites for hydroxylation is 1. The molecule has 3 aromatic rings. The van der Waals surface area contributed by atoms with Gasteiger partial charge in [-0.1, -0.05) is 0 Å². The van der Waals surface area contributed by atoms with E-state index in [1.54, 1.807) is 13.0 Å². The summed E-state index contributed by atoms with van der Waals surface area (Å²) in [5.74, 6) is 0.0134. The molecule has 0 aromatic carbocycles. The SMILES string of the molecule is Cc1c(-c2ccc(O)cn2)nc2ccc(C(F)(F)F)cn12. The summed E-state index contributed by atoms with van der Waals surface area (Å²) >= 11 is 0. The highest BCUT2D eigenvalue weighted by molar-refractivity contribution is 5.63. The van der Waals surface area contributed by atoms with Crippen molar-refractivity contribution in [2.45, 2.75) is 13.1 Å². The van der Waals surface area contributed by atoms with Crippen LogP contribution in [-0.2, 0) is 6.18 Å². The van der Waals surface area contributed by atoms with Gasteiger partial charge in [-0.2, -0.15) is 13.2 Å². The Labute approximate surface area is 117 Å². The van der Waals surface area contributed by atoms with Crippen LogP contribution in [0.3, 0.4) is 0 Å². The third-order valence-corrected chi connectivity index (χ3v) is 3.18. The van der Waals surface area contributed by atoms with Crippen LogP contribution in [0.25, 0.3) is 17.0 Å². The Hall–Kier alpha value is -2.57. The van der Waals surface area contributed by atoms with Crippen LogP contribution in [-0.4, -0.2) is 19.5 Å². The fourth-order valence-electron chi connectivity index (χ4n) is 2.10. The Morgan fingerprint density at radius 1 is 1.14 bits per heavy atom. The monoisotopic (exact) mass is 293 g/mol. The van der Waals surface area contributed by atoms with Gasteiger partial charge < -0.3 is 9.51 Å². The van der Waals surface area contributed by atoms with E-state index in [0.717, 1.165) is 12.3 Å². The van der Waals surface area contributed by atoms with E-state index in [4.69, 9.17) is 0 Å². The van der Waals surface area contributed by atoms with E-state index in [0.29, 0.717) is 22.7 Å². The summed E-state index contributed by atoms with van der Waals surface area (Å²) in [6, 6.07) is 5.33. The Morgan fingerprint density at radius 3 is 2.52 bits per heavy atom. The first-order chi connectivity index (χ1) is 9.86. The van der Waals surface area contributed by atoms with Crippen LogP contribution >= 0.6 is 0 Å². The Bertz CT molecular complexity index is 807. The summed E-state index contributed by atoms with van der Waals surface area (Å²) in [7, 11) is 0. The number of imidazole rings is 1. The number of aromatic hydroxyl groups is 1. The van der Waals surface area contributed by atoms with Crippen molar-refractivity contribution in [2.75, 3.05) is 0 Å². The molecule has 0 bridgehead atoms. The van der Waals surface area contributed by atoms with E-state index in [-0.39, 0.29) is 5.75 Å². The van der Waals surface area contributed by atoms with Crippen molar-refractivity contribution in [1.29, 1.82) is 0 Å². The second-order valence-corrected chi connectivity index (χ2v) is 4.59. The fraction of sp³-hybridized carbons (Fsp3) is 0.143. The fourth-order valence-corrected chi connectivity index (χ4v) is 2.10. The summed E-state index contributed by atoms with van der Waals surface area (Å²) in [5.41, 5.74) is 1.19. The Kier molecular flexibility index (Phi) is 2.86. The van der Waals surface area contributed by atoms with Crippen LogP contribution in [0, 0.1) is 6.92 Å². The van der Waals surface area contributed by atoms with Gasteiger partial charge in [-0.15, -0.1) is 0 Å². The van der Waals surface area contributed by atoms with Crippen molar-refractivity contribution in [1.82, 2.24) is 14.4 Å². The molecule has 4 nitrogen and oxygen atoms in total. The lowest BCUT2D eigenvalue weighted by Gasteiger charge is -2.07. The highest BCUT2D eigenvalue weighted by Gasteiger charge is 2.31. The molecule has 3 rings (SSSR count). The van der Waals surface area contributed by atoms with Crippen LogP contribution < -0.4 is 0 Å². The number of nitrogens with zero attached hydrogens (tertiary/aromatic N) is 3. The molecule has 1 N–H and O–H groups in total. The molecule has 7 heteroatoms. The number of rotatable bonds is 1. The van der Waals surface area contributed by atoms with E-state index in [1.165, 1.54) is 22.7 Å². The molecule has 0 aliphatic carbocycles. The van der Waals surface area contributed by atoms with Crippen molar-refractivity contribution in [3.8, 4) is 17.1 Å². The molecule has 0 atom stereocenters. The lowest BCUT2D eigenvalue weighted by atomic mass is 10.2. The predicted octanol–water partition coefficient (Wildman–Crippen LogP) is 3.43. The van der Waals surface area contributed by atoms with Gasteiger partial charge in [-0.05, 0) is 31.2 Å². The molecule has 108 valence electrons. The van der Waals surface area contributed by atoms with Crippen LogP contribution in [0.2, 0.25) is 0 Å². The van der Waals surface area contributed by atoms with Gasteiger partial charge in [-0.25, -0.2) is 4.98 Å². The molecule has 3 aromatic heterocycles. The topological polar surface area (TPSA) is 50.4 Å². The van der Waals surface area contributed by atoms with Crippen molar-refractivity contribution >= 4 is 5.65 Å². The van der Waals surface area contributed by atoms with Gasteiger partial charge in [0.2, 0.25) is 0 Å². The highest BCUT2D eigenvalue weighted by Crippen LogP contribution is 2.31. The molecular weight excluding hydrogens is 283 g/mol. The average molecular weight is 293 g/mol. The minimum Gasteiger partial charge on any atom is -0.506 e. The summed E-state index contributed by atoms with van der Waals surface area (Å²) in [6.07, 6.45) is -2.12. The smallest absolute Gasteiger partial charge is 0.417 e. The van der Waals surface area contributed by atoms with Gasteiger partial charge in [0.25, 0.3) is 0 Å². The molecule has 0 radical (unpaired) electrons. The van der Waals surface area contributed by atoms with Crippen LogP contribution in [0.15, 0.2) is 36.7 Å². The number of fused-ring (bicyclic) bond motifs is 1. The Morgan fingerprint density at radius 2 is 1.90 bits per heavy atom. The molecular formula is C14H10F3N3O. The molecule has 3 heterocycles. The van der Waals surface area contributed by atoms with E-state index >= 15 is 0 Å². The zero-order valence-corrected chi connectivity index (χ0v) is 10.9. The second-order valence-electron chi connectivity index (χ2n) is 4.59. The third kappa shape index (κ3) is 2.31. The van der Waals surface area contributed by atoms with Gasteiger partial charge in [0.05, 0.1) is 17.5 Å². The molecule has 0 aliphatic rings. The maximum Gasteiger partial charge on any atom is 0.417 e. The third-order valence-electron chi connectivity index (χ3n) is 3.18. The summed E-state index contributed by atoms with van der Waals surface area (Å²) in [6.45, 7) is 1.67. The summed E-state index contributed by atoms with van der Waals surface area (Å²) in [5, 5.41) is 9.23. The minimum atomic E-state index is -4.40. The molecule has 0 saturated carbocycles. The first-order valence-corrected chi connectivity index (χ1v) is 6.07.